The number of nitrogens with zero attached hydrogens (tertiary/aromatic N) is 2. The highest BCUT2D eigenvalue weighted by Crippen LogP contribution is 2.26. The van der Waals surface area contributed by atoms with E-state index in [9.17, 15) is 18.8 Å². The number of para-hydroxylation sites is 1. The Kier molecular flexibility index (Phi) is 6.76. The fourth-order valence-electron chi connectivity index (χ4n) is 3.19. The van der Waals surface area contributed by atoms with E-state index >= 15 is 0 Å². The first-order valence-electron chi connectivity index (χ1n) is 10.4. The number of halogens is 1. The van der Waals surface area contributed by atoms with Gasteiger partial charge in [0.2, 0.25) is 0 Å². The van der Waals surface area contributed by atoms with Gasteiger partial charge in [-0.2, -0.15) is 0 Å². The van der Waals surface area contributed by atoms with E-state index in [1.807, 2.05) is 0 Å². The van der Waals surface area contributed by atoms with E-state index in [2.05, 4.69) is 10.3 Å². The summed E-state index contributed by atoms with van der Waals surface area (Å²) in [6.45, 7) is 0.967. The molecular formula is C24H20FN3O7. The predicted molar refractivity (Wildman–Crippen MR) is 121 cm³/mol. The Bertz CT molecular complexity index is 1460. The molecule has 0 fully saturated rings. The van der Waals surface area contributed by atoms with Gasteiger partial charge in [-0.25, -0.2) is 14.2 Å². The van der Waals surface area contributed by atoms with Crippen LogP contribution in [0.4, 0.5) is 10.1 Å². The third-order valence-corrected chi connectivity index (χ3v) is 4.78. The molecule has 0 saturated carbocycles. The van der Waals surface area contributed by atoms with Crippen LogP contribution in [-0.4, -0.2) is 35.2 Å². The fourth-order valence-corrected chi connectivity index (χ4v) is 3.19. The molecular weight excluding hydrogens is 461 g/mol. The summed E-state index contributed by atoms with van der Waals surface area (Å²) >= 11 is 0. The van der Waals surface area contributed by atoms with Crippen molar-refractivity contribution >= 4 is 23.2 Å². The van der Waals surface area contributed by atoms with Crippen LogP contribution in [0.3, 0.4) is 0 Å². The van der Waals surface area contributed by atoms with E-state index in [1.165, 1.54) is 49.6 Å². The highest BCUT2D eigenvalue weighted by molar-refractivity contribution is 5.96. The van der Waals surface area contributed by atoms with E-state index in [0.717, 1.165) is 4.57 Å². The Morgan fingerprint density at radius 2 is 1.91 bits per heavy atom. The number of esters is 1. The molecule has 0 aliphatic carbocycles. The number of carbonyl (C=O) groups excluding carboxylic acids is 2. The Balaban J connectivity index is 1.42. The summed E-state index contributed by atoms with van der Waals surface area (Å²) in [6, 6.07) is 12.8. The number of fused-ring (bicyclic) bond motifs is 1. The number of methoxy groups -OCH3 is 1. The van der Waals surface area contributed by atoms with Crippen LogP contribution in [-0.2, 0) is 16.1 Å². The van der Waals surface area contributed by atoms with Gasteiger partial charge in [0, 0.05) is 12.1 Å². The number of ether oxygens (including phenoxy) is 3. The molecule has 11 heteroatoms. The molecule has 0 unspecified atom stereocenters. The molecule has 0 bridgehead atoms. The highest BCUT2D eigenvalue weighted by Gasteiger charge is 2.16. The third kappa shape index (κ3) is 5.46. The number of carbonyl (C=O) groups is 2. The molecule has 4 rings (SSSR count). The van der Waals surface area contributed by atoms with Crippen LogP contribution in [0.15, 0.2) is 63.9 Å². The minimum atomic E-state index is -0.712. The van der Waals surface area contributed by atoms with Crippen LogP contribution in [0.25, 0.3) is 5.65 Å². The van der Waals surface area contributed by atoms with Gasteiger partial charge in [-0.1, -0.05) is 12.1 Å². The molecule has 10 nitrogen and oxygen atoms in total. The summed E-state index contributed by atoms with van der Waals surface area (Å²) in [5.41, 5.74) is 0.412. The van der Waals surface area contributed by atoms with Crippen LogP contribution < -0.4 is 20.3 Å². The molecule has 0 spiro atoms. The molecule has 0 aliphatic heterocycles. The van der Waals surface area contributed by atoms with Crippen molar-refractivity contribution in [3.8, 4) is 11.5 Å². The summed E-state index contributed by atoms with van der Waals surface area (Å²) in [5.74, 6) is -1.17. The minimum Gasteiger partial charge on any atom is -0.495 e. The largest absolute Gasteiger partial charge is 0.495 e. The van der Waals surface area contributed by atoms with Crippen LogP contribution in [0.5, 0.6) is 11.5 Å². The van der Waals surface area contributed by atoms with E-state index in [0.29, 0.717) is 11.4 Å². The smallest absolute Gasteiger partial charge is 0.338 e. The first kappa shape index (κ1) is 23.5. The van der Waals surface area contributed by atoms with Gasteiger partial charge in [0.05, 0.1) is 24.1 Å². The average molecular weight is 481 g/mol. The zero-order valence-corrected chi connectivity index (χ0v) is 18.7. The van der Waals surface area contributed by atoms with Crippen molar-refractivity contribution < 1.29 is 32.7 Å². The number of aromatic nitrogens is 2. The van der Waals surface area contributed by atoms with Crippen molar-refractivity contribution in [2.75, 3.05) is 19.0 Å². The summed E-state index contributed by atoms with van der Waals surface area (Å²) in [4.78, 5) is 41.2. The van der Waals surface area contributed by atoms with Crippen molar-refractivity contribution in [1.82, 2.24) is 9.56 Å². The standard InChI is InChI=1S/C24H20FN3O7/c1-14-9-21-26-16(11-23(30)28(21)35-14)12-34-24(31)15-7-8-20(32-2)18(10-15)27-22(29)13-33-19-6-4-3-5-17(19)25/h3-11H,12-13H2,1-2H3,(H,27,29). The molecule has 2 aromatic heterocycles. The minimum absolute atomic E-state index is 0.0658. The maximum atomic E-state index is 13.7. The van der Waals surface area contributed by atoms with Gasteiger partial charge in [-0.15, -0.1) is 4.57 Å². The number of aryl methyl sites for hydroxylation is 1. The molecule has 1 N–H and O–H groups in total. The lowest BCUT2D eigenvalue weighted by Crippen LogP contribution is -2.21. The number of benzene rings is 2. The maximum absolute atomic E-state index is 13.7. The van der Waals surface area contributed by atoms with Crippen molar-refractivity contribution in [3.05, 3.63) is 87.8 Å². The summed E-state index contributed by atoms with van der Waals surface area (Å²) in [6.07, 6.45) is 0. The zero-order chi connectivity index (χ0) is 24.9. The zero-order valence-electron chi connectivity index (χ0n) is 18.7. The van der Waals surface area contributed by atoms with Crippen LogP contribution in [0.1, 0.15) is 21.8 Å². The van der Waals surface area contributed by atoms with Gasteiger partial charge in [0.1, 0.15) is 18.1 Å². The highest BCUT2D eigenvalue weighted by atomic mass is 19.1. The van der Waals surface area contributed by atoms with Gasteiger partial charge in [0.25, 0.3) is 11.5 Å². The maximum Gasteiger partial charge on any atom is 0.338 e. The summed E-state index contributed by atoms with van der Waals surface area (Å²) in [5, 5.41) is 2.56. The quantitative estimate of drug-likeness (QED) is 0.381. The Morgan fingerprint density at radius 1 is 1.11 bits per heavy atom. The Hall–Kier alpha value is -4.67. The van der Waals surface area contributed by atoms with E-state index in [-0.39, 0.29) is 35.1 Å². The van der Waals surface area contributed by atoms with Crippen LogP contribution >= 0.6 is 0 Å². The van der Waals surface area contributed by atoms with Gasteiger partial charge >= 0.3 is 5.97 Å². The molecule has 180 valence electrons. The second-order valence-electron chi connectivity index (χ2n) is 7.34. The second-order valence-corrected chi connectivity index (χ2v) is 7.34. The number of amides is 1. The number of hydrogen-bond donors (Lipinski definition) is 1. The van der Waals surface area contributed by atoms with Crippen molar-refractivity contribution in [2.24, 2.45) is 0 Å². The number of nitrogens with one attached hydrogen (secondary N) is 1. The van der Waals surface area contributed by atoms with E-state index in [1.54, 1.807) is 19.1 Å². The molecule has 4 aromatic rings. The fraction of sp³-hybridized carbons (Fsp3) is 0.167. The lowest BCUT2D eigenvalue weighted by Gasteiger charge is -2.13. The Labute approximate surface area is 197 Å². The third-order valence-electron chi connectivity index (χ3n) is 4.78. The van der Waals surface area contributed by atoms with Crippen molar-refractivity contribution in [3.63, 3.8) is 0 Å². The molecule has 0 aliphatic rings. The van der Waals surface area contributed by atoms with E-state index < -0.39 is 29.9 Å². The SMILES string of the molecule is COc1ccc(C(=O)OCc2cc(=O)n3oc(C)cc3n2)cc1NC(=O)COc1ccccc1F. The van der Waals surface area contributed by atoms with Crippen LogP contribution in [0, 0.1) is 12.7 Å². The molecule has 2 heterocycles. The van der Waals surface area contributed by atoms with Crippen molar-refractivity contribution in [2.45, 2.75) is 13.5 Å². The second kappa shape index (κ2) is 10.1. The lowest BCUT2D eigenvalue weighted by atomic mass is 10.2. The summed E-state index contributed by atoms with van der Waals surface area (Å²) < 4.78 is 35.6. The molecule has 2 aromatic carbocycles. The molecule has 0 radical (unpaired) electrons. The normalized spacial score (nSPS) is 10.7. The Morgan fingerprint density at radius 3 is 2.69 bits per heavy atom. The van der Waals surface area contributed by atoms with E-state index in [4.69, 9.17) is 18.7 Å². The van der Waals surface area contributed by atoms with Gasteiger partial charge in [-0.3, -0.25) is 9.59 Å². The number of anilines is 1. The molecule has 0 atom stereocenters. The summed E-state index contributed by atoms with van der Waals surface area (Å²) in [7, 11) is 1.40. The first-order valence-corrected chi connectivity index (χ1v) is 10.4. The van der Waals surface area contributed by atoms with Gasteiger partial charge < -0.3 is 24.1 Å². The number of hydrogen-bond acceptors (Lipinski definition) is 8. The van der Waals surface area contributed by atoms with Gasteiger partial charge in [-0.05, 0) is 37.3 Å². The molecule has 1 amide bonds. The lowest BCUT2D eigenvalue weighted by molar-refractivity contribution is -0.118. The van der Waals surface area contributed by atoms with Crippen molar-refractivity contribution in [1.29, 1.82) is 0 Å². The molecule has 35 heavy (non-hydrogen) atoms. The predicted octanol–water partition coefficient (Wildman–Crippen LogP) is 3.12. The van der Waals surface area contributed by atoms with Crippen LogP contribution in [0.2, 0.25) is 0 Å². The first-order chi connectivity index (χ1) is 16.8. The average Bonchev–Trinajstić information content (AvgIpc) is 3.22. The molecule has 0 saturated heterocycles. The topological polar surface area (TPSA) is 121 Å². The monoisotopic (exact) mass is 481 g/mol. The number of rotatable bonds is 8. The van der Waals surface area contributed by atoms with Gasteiger partial charge in [0.15, 0.2) is 23.8 Å².